The Labute approximate surface area is 182 Å². The van der Waals surface area contributed by atoms with E-state index in [2.05, 4.69) is 5.32 Å². The first-order chi connectivity index (χ1) is 14.7. The number of nitrogens with one attached hydrogen (secondary N) is 1. The maximum atomic E-state index is 12.7. The summed E-state index contributed by atoms with van der Waals surface area (Å²) in [5.74, 6) is 0.215. The van der Waals surface area contributed by atoms with Crippen LogP contribution in [0.3, 0.4) is 0 Å². The lowest BCUT2D eigenvalue weighted by Crippen LogP contribution is -2.34. The number of nitrogens with zero attached hydrogens (tertiary/aromatic N) is 1. The summed E-state index contributed by atoms with van der Waals surface area (Å²) in [6.45, 7) is 2.19. The van der Waals surface area contributed by atoms with Gasteiger partial charge in [0, 0.05) is 6.54 Å². The topological polar surface area (TPSA) is 88.8 Å². The average Bonchev–Trinajstić information content (AvgIpc) is 3.26. The molecule has 164 valence electrons. The largest absolute Gasteiger partial charge is 0.497 e. The van der Waals surface area contributed by atoms with Crippen molar-refractivity contribution in [2.24, 2.45) is 0 Å². The van der Waals surface area contributed by atoms with E-state index >= 15 is 0 Å². The summed E-state index contributed by atoms with van der Waals surface area (Å²) < 4.78 is 36.0. The Balaban J connectivity index is 1.72. The van der Waals surface area contributed by atoms with Gasteiger partial charge in [0.25, 0.3) is 5.91 Å². The number of hydrogen-bond donors (Lipinski definition) is 1. The number of rotatable bonds is 8. The molecule has 0 bridgehead atoms. The van der Waals surface area contributed by atoms with Crippen LogP contribution in [0.25, 0.3) is 0 Å². The molecule has 31 heavy (non-hydrogen) atoms. The van der Waals surface area contributed by atoms with Gasteiger partial charge in [0.2, 0.25) is 14.9 Å². The van der Waals surface area contributed by atoms with Crippen molar-refractivity contribution in [3.8, 4) is 5.75 Å². The van der Waals surface area contributed by atoms with E-state index in [0.717, 1.165) is 16.9 Å². The maximum Gasteiger partial charge on any atom is 0.287 e. The van der Waals surface area contributed by atoms with Crippen LogP contribution in [-0.4, -0.2) is 47.0 Å². The Hall–Kier alpha value is -3.10. The average molecular weight is 443 g/mol. The summed E-state index contributed by atoms with van der Waals surface area (Å²) in [6, 6.07) is 16.7. The van der Waals surface area contributed by atoms with Crippen molar-refractivity contribution < 1.29 is 22.4 Å². The molecular formula is C23H26N2O5S. The summed E-state index contributed by atoms with van der Waals surface area (Å²) >= 11 is 0. The van der Waals surface area contributed by atoms with E-state index in [1.807, 2.05) is 50.2 Å². The third kappa shape index (κ3) is 5.15. The molecule has 2 aromatic carbocycles. The number of hydrogen-bond acceptors (Lipinski definition) is 6. The number of carbonyl (C=O) groups excluding carboxylic acids is 1. The van der Waals surface area contributed by atoms with E-state index in [4.69, 9.17) is 9.15 Å². The van der Waals surface area contributed by atoms with Crippen LogP contribution in [0.2, 0.25) is 0 Å². The van der Waals surface area contributed by atoms with Crippen LogP contribution < -0.4 is 10.1 Å². The molecule has 0 fully saturated rings. The second-order valence-electron chi connectivity index (χ2n) is 7.40. The number of furan rings is 1. The van der Waals surface area contributed by atoms with E-state index in [1.165, 1.54) is 24.3 Å². The zero-order valence-corrected chi connectivity index (χ0v) is 18.8. The highest BCUT2D eigenvalue weighted by Gasteiger charge is 2.24. The second-order valence-corrected chi connectivity index (χ2v) is 9.28. The lowest BCUT2D eigenvalue weighted by Gasteiger charge is -2.25. The number of ether oxygens (including phenoxy) is 1. The van der Waals surface area contributed by atoms with Gasteiger partial charge >= 0.3 is 0 Å². The summed E-state index contributed by atoms with van der Waals surface area (Å²) in [4.78, 5) is 14.7. The Morgan fingerprint density at radius 3 is 2.26 bits per heavy atom. The van der Waals surface area contributed by atoms with Crippen molar-refractivity contribution in [3.63, 3.8) is 0 Å². The number of benzene rings is 2. The molecule has 0 aliphatic heterocycles. The first kappa shape index (κ1) is 22.6. The molecule has 8 heteroatoms. The molecule has 1 heterocycles. The first-order valence-electron chi connectivity index (χ1n) is 9.72. The summed E-state index contributed by atoms with van der Waals surface area (Å²) in [5, 5.41) is 2.56. The van der Waals surface area contributed by atoms with Gasteiger partial charge in [-0.05, 0) is 63.0 Å². The second kappa shape index (κ2) is 9.36. The molecule has 0 aliphatic carbocycles. The van der Waals surface area contributed by atoms with Gasteiger partial charge in [-0.3, -0.25) is 4.79 Å². The number of sulfone groups is 1. The predicted molar refractivity (Wildman–Crippen MR) is 117 cm³/mol. The van der Waals surface area contributed by atoms with E-state index in [-0.39, 0.29) is 21.8 Å². The van der Waals surface area contributed by atoms with Gasteiger partial charge < -0.3 is 19.4 Å². The molecule has 3 aromatic rings. The predicted octanol–water partition coefficient (Wildman–Crippen LogP) is 3.46. The first-order valence-corrected chi connectivity index (χ1v) is 11.2. The third-order valence-electron chi connectivity index (χ3n) is 4.98. The van der Waals surface area contributed by atoms with Gasteiger partial charge in [0.15, 0.2) is 5.76 Å². The quantitative estimate of drug-likeness (QED) is 0.575. The van der Waals surface area contributed by atoms with E-state index in [0.29, 0.717) is 6.54 Å². The molecule has 7 nitrogen and oxygen atoms in total. The molecule has 1 N–H and O–H groups in total. The normalized spacial score (nSPS) is 12.5. The van der Waals surface area contributed by atoms with E-state index in [9.17, 15) is 13.2 Å². The lowest BCUT2D eigenvalue weighted by molar-refractivity contribution is 0.0909. The molecule has 0 saturated heterocycles. The van der Waals surface area contributed by atoms with Crippen LogP contribution in [0.4, 0.5) is 0 Å². The smallest absolute Gasteiger partial charge is 0.287 e. The SMILES string of the molecule is COc1ccc(C(CNC(=O)c2ccc(S(=O)(=O)c3ccc(C)cc3)o2)N(C)C)cc1. The molecule has 1 amide bonds. The van der Waals surface area contributed by atoms with Gasteiger partial charge in [-0.1, -0.05) is 29.8 Å². The van der Waals surface area contributed by atoms with Gasteiger partial charge in [0.05, 0.1) is 18.0 Å². The van der Waals surface area contributed by atoms with Crippen LogP contribution >= 0.6 is 0 Å². The monoisotopic (exact) mass is 442 g/mol. The van der Waals surface area contributed by atoms with Crippen LogP contribution in [-0.2, 0) is 9.84 Å². The van der Waals surface area contributed by atoms with E-state index in [1.54, 1.807) is 19.2 Å². The minimum absolute atomic E-state index is 0.0575. The molecular weight excluding hydrogens is 416 g/mol. The van der Waals surface area contributed by atoms with Crippen molar-refractivity contribution in [2.45, 2.75) is 23.0 Å². The highest BCUT2D eigenvalue weighted by molar-refractivity contribution is 7.91. The van der Waals surface area contributed by atoms with Gasteiger partial charge in [-0.25, -0.2) is 8.42 Å². The maximum absolute atomic E-state index is 12.7. The molecule has 1 unspecified atom stereocenters. The van der Waals surface area contributed by atoms with Crippen LogP contribution in [0.15, 0.2) is 75.1 Å². The van der Waals surface area contributed by atoms with Crippen LogP contribution in [0, 0.1) is 6.92 Å². The van der Waals surface area contributed by atoms with Crippen molar-refractivity contribution in [1.82, 2.24) is 10.2 Å². The number of aryl methyl sites for hydroxylation is 1. The van der Waals surface area contributed by atoms with Gasteiger partial charge in [0.1, 0.15) is 5.75 Å². The Kier molecular flexibility index (Phi) is 6.82. The lowest BCUT2D eigenvalue weighted by atomic mass is 10.1. The number of likely N-dealkylation sites (N-methyl/N-ethyl adjacent to an activating group) is 1. The minimum Gasteiger partial charge on any atom is -0.497 e. The van der Waals surface area contributed by atoms with Crippen LogP contribution in [0.5, 0.6) is 5.75 Å². The Morgan fingerprint density at radius 1 is 1.03 bits per heavy atom. The fourth-order valence-electron chi connectivity index (χ4n) is 3.12. The molecule has 0 saturated carbocycles. The molecule has 3 rings (SSSR count). The van der Waals surface area contributed by atoms with Crippen molar-refractivity contribution in [1.29, 1.82) is 0 Å². The number of amides is 1. The molecule has 1 atom stereocenters. The fourth-order valence-corrected chi connectivity index (χ4v) is 4.29. The fraction of sp³-hybridized carbons (Fsp3) is 0.261. The van der Waals surface area contributed by atoms with Gasteiger partial charge in [-0.15, -0.1) is 0 Å². The van der Waals surface area contributed by atoms with E-state index < -0.39 is 15.7 Å². The van der Waals surface area contributed by atoms with Crippen molar-refractivity contribution in [2.75, 3.05) is 27.7 Å². The number of carbonyl (C=O) groups is 1. The summed E-state index contributed by atoms with van der Waals surface area (Å²) in [5.41, 5.74) is 1.96. The van der Waals surface area contributed by atoms with Crippen molar-refractivity contribution >= 4 is 15.7 Å². The number of methoxy groups -OCH3 is 1. The molecule has 1 aromatic heterocycles. The Bertz CT molecular complexity index is 1130. The minimum atomic E-state index is -3.83. The summed E-state index contributed by atoms with van der Waals surface area (Å²) in [7, 11) is 1.61. The zero-order chi connectivity index (χ0) is 22.6. The van der Waals surface area contributed by atoms with Crippen molar-refractivity contribution in [3.05, 3.63) is 77.6 Å². The molecule has 0 spiro atoms. The van der Waals surface area contributed by atoms with Gasteiger partial charge in [-0.2, -0.15) is 0 Å². The third-order valence-corrected chi connectivity index (χ3v) is 6.62. The highest BCUT2D eigenvalue weighted by atomic mass is 32.2. The zero-order valence-electron chi connectivity index (χ0n) is 18.0. The highest BCUT2D eigenvalue weighted by Crippen LogP contribution is 2.24. The van der Waals surface area contributed by atoms with Crippen LogP contribution in [0.1, 0.15) is 27.7 Å². The molecule has 0 aliphatic rings. The Morgan fingerprint density at radius 2 is 1.68 bits per heavy atom. The standard InChI is InChI=1S/C23H26N2O5S/c1-16-5-11-19(12-6-16)31(27,28)22-14-13-21(30-22)23(26)24-15-20(25(2)3)17-7-9-18(29-4)10-8-17/h5-14,20H,15H2,1-4H3,(H,24,26). The molecule has 0 radical (unpaired) electrons. The summed E-state index contributed by atoms with van der Waals surface area (Å²) in [6.07, 6.45) is 0.